The van der Waals surface area contributed by atoms with Gasteiger partial charge in [-0.05, 0) is 18.2 Å². The third kappa shape index (κ3) is 3.87. The van der Waals surface area contributed by atoms with Crippen molar-refractivity contribution in [1.29, 1.82) is 5.26 Å². The smallest absolute Gasteiger partial charge is 0.304 e. The minimum Gasteiger partial charge on any atom is -0.304 e. The van der Waals surface area contributed by atoms with Crippen LogP contribution in [0.3, 0.4) is 0 Å². The van der Waals surface area contributed by atoms with E-state index in [0.29, 0.717) is 0 Å². The van der Waals surface area contributed by atoms with Crippen LogP contribution < -0.4 is 5.32 Å². The van der Waals surface area contributed by atoms with Crippen molar-refractivity contribution in [3.05, 3.63) is 35.1 Å². The lowest BCUT2D eigenvalue weighted by atomic mass is 10.1. The average Bonchev–Trinajstić information content (AvgIpc) is 2.19. The second kappa shape index (κ2) is 4.94. The van der Waals surface area contributed by atoms with Crippen LogP contribution in [0.1, 0.15) is 11.1 Å². The SMILES string of the molecule is N#Cc1ccc(F)c(CNCC(F)(F)F)c1. The lowest BCUT2D eigenvalue weighted by Gasteiger charge is -2.08. The van der Waals surface area contributed by atoms with Crippen molar-refractivity contribution in [3.8, 4) is 6.07 Å². The van der Waals surface area contributed by atoms with Crippen molar-refractivity contribution >= 4 is 0 Å². The van der Waals surface area contributed by atoms with Gasteiger partial charge in [0.1, 0.15) is 5.82 Å². The van der Waals surface area contributed by atoms with E-state index >= 15 is 0 Å². The van der Waals surface area contributed by atoms with Gasteiger partial charge in [0.25, 0.3) is 0 Å². The van der Waals surface area contributed by atoms with Gasteiger partial charge >= 0.3 is 6.18 Å². The summed E-state index contributed by atoms with van der Waals surface area (Å²) in [6.07, 6.45) is -4.33. The van der Waals surface area contributed by atoms with Gasteiger partial charge in [-0.3, -0.25) is 0 Å². The van der Waals surface area contributed by atoms with Crippen LogP contribution in [0.5, 0.6) is 0 Å². The highest BCUT2D eigenvalue weighted by molar-refractivity contribution is 5.33. The molecule has 16 heavy (non-hydrogen) atoms. The Hall–Kier alpha value is -1.61. The molecule has 0 saturated carbocycles. The normalized spacial score (nSPS) is 11.2. The summed E-state index contributed by atoms with van der Waals surface area (Å²) in [5, 5.41) is 10.6. The van der Waals surface area contributed by atoms with Crippen molar-refractivity contribution in [3.63, 3.8) is 0 Å². The van der Waals surface area contributed by atoms with Crippen LogP contribution >= 0.6 is 0 Å². The molecule has 0 bridgehead atoms. The summed E-state index contributed by atoms with van der Waals surface area (Å²) in [6, 6.07) is 5.33. The zero-order chi connectivity index (χ0) is 12.2. The summed E-state index contributed by atoms with van der Waals surface area (Å²) in [7, 11) is 0. The molecule has 1 aromatic carbocycles. The minimum absolute atomic E-state index is 0.0447. The lowest BCUT2D eigenvalue weighted by molar-refractivity contribution is -0.125. The van der Waals surface area contributed by atoms with Crippen molar-refractivity contribution in [2.75, 3.05) is 6.54 Å². The number of hydrogen-bond donors (Lipinski definition) is 1. The van der Waals surface area contributed by atoms with Gasteiger partial charge in [-0.1, -0.05) is 0 Å². The first kappa shape index (κ1) is 12.5. The molecule has 0 saturated heterocycles. The maximum atomic E-state index is 13.1. The van der Waals surface area contributed by atoms with Crippen LogP contribution in [0.15, 0.2) is 18.2 Å². The second-order valence-electron chi connectivity index (χ2n) is 3.14. The largest absolute Gasteiger partial charge is 0.401 e. The molecule has 0 amide bonds. The van der Waals surface area contributed by atoms with Crippen LogP contribution in [-0.4, -0.2) is 12.7 Å². The standard InChI is InChI=1S/C10H8F4N2/c11-9-2-1-7(4-15)3-8(9)5-16-6-10(12,13)14/h1-3,16H,5-6H2. The van der Waals surface area contributed by atoms with Crippen LogP contribution in [-0.2, 0) is 6.54 Å². The summed E-state index contributed by atoms with van der Waals surface area (Å²) < 4.78 is 48.5. The number of nitriles is 1. The van der Waals surface area contributed by atoms with Gasteiger partial charge in [-0.25, -0.2) is 4.39 Å². The molecule has 0 aliphatic rings. The molecule has 0 fully saturated rings. The Kier molecular flexibility index (Phi) is 3.85. The molecule has 0 unspecified atom stereocenters. The zero-order valence-electron chi connectivity index (χ0n) is 8.11. The molecular weight excluding hydrogens is 224 g/mol. The first-order valence-corrected chi connectivity index (χ1v) is 4.38. The fourth-order valence-corrected chi connectivity index (χ4v) is 1.12. The second-order valence-corrected chi connectivity index (χ2v) is 3.14. The Bertz CT molecular complexity index is 406. The Balaban J connectivity index is 2.64. The van der Waals surface area contributed by atoms with Crippen LogP contribution in [0.4, 0.5) is 17.6 Å². The van der Waals surface area contributed by atoms with E-state index in [0.717, 1.165) is 6.07 Å². The van der Waals surface area contributed by atoms with Gasteiger partial charge in [0, 0.05) is 12.1 Å². The number of rotatable bonds is 3. The van der Waals surface area contributed by atoms with Crippen molar-refractivity contribution < 1.29 is 17.6 Å². The minimum atomic E-state index is -4.33. The van der Waals surface area contributed by atoms with E-state index in [1.807, 2.05) is 0 Å². The molecule has 1 rings (SSSR count). The maximum absolute atomic E-state index is 13.1. The molecule has 0 aliphatic carbocycles. The maximum Gasteiger partial charge on any atom is 0.401 e. The Morgan fingerprint density at radius 1 is 1.31 bits per heavy atom. The Labute approximate surface area is 89.5 Å². The van der Waals surface area contributed by atoms with E-state index < -0.39 is 18.5 Å². The van der Waals surface area contributed by atoms with Gasteiger partial charge in [-0.2, -0.15) is 18.4 Å². The number of nitrogens with one attached hydrogen (secondary N) is 1. The molecule has 0 radical (unpaired) electrons. The average molecular weight is 232 g/mol. The third-order valence-electron chi connectivity index (χ3n) is 1.82. The highest BCUT2D eigenvalue weighted by Crippen LogP contribution is 2.14. The summed E-state index contributed by atoms with van der Waals surface area (Å²) in [4.78, 5) is 0. The van der Waals surface area contributed by atoms with Crippen molar-refractivity contribution in [1.82, 2.24) is 5.32 Å². The van der Waals surface area contributed by atoms with E-state index in [4.69, 9.17) is 5.26 Å². The van der Waals surface area contributed by atoms with E-state index in [2.05, 4.69) is 5.32 Å². The van der Waals surface area contributed by atoms with Gasteiger partial charge in [0.05, 0.1) is 18.2 Å². The molecule has 0 spiro atoms. The van der Waals surface area contributed by atoms with Gasteiger partial charge in [-0.15, -0.1) is 0 Å². The summed E-state index contributed by atoms with van der Waals surface area (Å²) in [5.74, 6) is -0.631. The predicted molar refractivity (Wildman–Crippen MR) is 48.9 cm³/mol. The quantitative estimate of drug-likeness (QED) is 0.812. The summed E-state index contributed by atoms with van der Waals surface area (Å²) in [5.41, 5.74) is 0.258. The van der Waals surface area contributed by atoms with E-state index in [1.54, 1.807) is 6.07 Å². The predicted octanol–water partition coefficient (Wildman–Crippen LogP) is 2.35. The molecule has 0 heterocycles. The number of alkyl halides is 3. The zero-order valence-corrected chi connectivity index (χ0v) is 8.11. The Morgan fingerprint density at radius 2 is 2.00 bits per heavy atom. The molecule has 1 N–H and O–H groups in total. The van der Waals surface area contributed by atoms with Crippen LogP contribution in [0.25, 0.3) is 0 Å². The van der Waals surface area contributed by atoms with E-state index in [9.17, 15) is 17.6 Å². The number of hydrogen-bond acceptors (Lipinski definition) is 2. The summed E-state index contributed by atoms with van der Waals surface area (Å²) >= 11 is 0. The number of benzene rings is 1. The molecule has 86 valence electrons. The topological polar surface area (TPSA) is 35.8 Å². The fraction of sp³-hybridized carbons (Fsp3) is 0.300. The molecule has 0 atom stereocenters. The molecule has 6 heteroatoms. The number of nitrogens with zero attached hydrogens (tertiary/aromatic N) is 1. The van der Waals surface area contributed by atoms with Crippen molar-refractivity contribution in [2.24, 2.45) is 0 Å². The fourth-order valence-electron chi connectivity index (χ4n) is 1.12. The first-order chi connectivity index (χ1) is 7.42. The highest BCUT2D eigenvalue weighted by Gasteiger charge is 2.26. The van der Waals surface area contributed by atoms with Gasteiger partial charge in [0.2, 0.25) is 0 Å². The first-order valence-electron chi connectivity index (χ1n) is 4.38. The Morgan fingerprint density at radius 3 is 2.56 bits per heavy atom. The van der Waals surface area contributed by atoms with Crippen molar-refractivity contribution in [2.45, 2.75) is 12.7 Å². The molecule has 2 nitrogen and oxygen atoms in total. The van der Waals surface area contributed by atoms with E-state index in [-0.39, 0.29) is 17.7 Å². The summed E-state index contributed by atoms with van der Waals surface area (Å²) in [6.45, 7) is -1.45. The van der Waals surface area contributed by atoms with Gasteiger partial charge in [0.15, 0.2) is 0 Å². The molecule has 0 aliphatic heterocycles. The van der Waals surface area contributed by atoms with Gasteiger partial charge < -0.3 is 5.32 Å². The van der Waals surface area contributed by atoms with E-state index in [1.165, 1.54) is 12.1 Å². The third-order valence-corrected chi connectivity index (χ3v) is 1.82. The molecule has 1 aromatic rings. The molecular formula is C10H8F4N2. The lowest BCUT2D eigenvalue weighted by Crippen LogP contribution is -2.28. The van der Waals surface area contributed by atoms with Crippen LogP contribution in [0, 0.1) is 17.1 Å². The number of halogens is 4. The highest BCUT2D eigenvalue weighted by atomic mass is 19.4. The molecule has 0 aromatic heterocycles. The monoisotopic (exact) mass is 232 g/mol. The van der Waals surface area contributed by atoms with Crippen LogP contribution in [0.2, 0.25) is 0 Å².